The van der Waals surface area contributed by atoms with Crippen LogP contribution in [0.25, 0.3) is 0 Å². The van der Waals surface area contributed by atoms with Gasteiger partial charge in [0.15, 0.2) is 0 Å². The highest BCUT2D eigenvalue weighted by Crippen LogP contribution is 2.60. The van der Waals surface area contributed by atoms with E-state index in [-0.39, 0.29) is 35.2 Å². The molecule has 198 valence electrons. The van der Waals surface area contributed by atoms with Gasteiger partial charge in [0.1, 0.15) is 0 Å². The molecule has 10 unspecified atom stereocenters. The first-order chi connectivity index (χ1) is 16.2. The fourth-order valence-corrected chi connectivity index (χ4v) is 10.8. The van der Waals surface area contributed by atoms with Crippen LogP contribution in [0.3, 0.4) is 0 Å². The summed E-state index contributed by atoms with van der Waals surface area (Å²) in [6, 6.07) is 0. The SMILES string of the molecule is CCC(CCC(P)C(CC)(C1CCC(O)C1)C1CCC(O)C1)(C1CCC(O)C1)C1CCC(O)C1. The van der Waals surface area contributed by atoms with Crippen LogP contribution >= 0.6 is 9.24 Å². The normalized spacial score (nSPS) is 43.1. The first-order valence-electron chi connectivity index (χ1n) is 14.7. The zero-order valence-corrected chi connectivity index (χ0v) is 23.0. The predicted molar refractivity (Wildman–Crippen MR) is 142 cm³/mol. The molecule has 0 heterocycles. The van der Waals surface area contributed by atoms with Gasteiger partial charge in [-0.15, -0.1) is 9.24 Å². The van der Waals surface area contributed by atoms with Crippen LogP contribution in [0.15, 0.2) is 0 Å². The maximum absolute atomic E-state index is 10.5. The van der Waals surface area contributed by atoms with Gasteiger partial charge in [-0.3, -0.25) is 0 Å². The number of hydrogen-bond donors (Lipinski definition) is 4. The van der Waals surface area contributed by atoms with Crippen LogP contribution < -0.4 is 0 Å². The van der Waals surface area contributed by atoms with Crippen molar-refractivity contribution in [3.8, 4) is 0 Å². The Morgan fingerprint density at radius 2 is 1.00 bits per heavy atom. The highest BCUT2D eigenvalue weighted by atomic mass is 31.0. The van der Waals surface area contributed by atoms with E-state index in [9.17, 15) is 20.4 Å². The van der Waals surface area contributed by atoms with Crippen molar-refractivity contribution in [1.82, 2.24) is 0 Å². The average molecular weight is 497 g/mol. The van der Waals surface area contributed by atoms with E-state index in [2.05, 4.69) is 23.1 Å². The van der Waals surface area contributed by atoms with Gasteiger partial charge in [-0.05, 0) is 143 Å². The monoisotopic (exact) mass is 496 g/mol. The number of rotatable bonds is 10. The van der Waals surface area contributed by atoms with Gasteiger partial charge in [0, 0.05) is 0 Å². The smallest absolute Gasteiger partial charge is 0.0543 e. The fourth-order valence-electron chi connectivity index (χ4n) is 9.82. The number of hydrogen-bond acceptors (Lipinski definition) is 4. The standard InChI is InChI=1S/C29H53O4P/c1-3-28(19-5-9-23(30)15-19,20-6-10-24(31)16-20)14-13-27(34)29(4-2,21-7-11-25(32)17-21)22-8-12-26(33)18-22/h19-27,30-33H,3-18,34H2,1-2H3. The molecular formula is C29H53O4P. The molecule has 4 aliphatic rings. The van der Waals surface area contributed by atoms with Gasteiger partial charge in [-0.25, -0.2) is 0 Å². The molecule has 0 bridgehead atoms. The van der Waals surface area contributed by atoms with Crippen LogP contribution in [-0.4, -0.2) is 50.5 Å². The Hall–Kier alpha value is 0.270. The molecule has 4 N–H and O–H groups in total. The summed E-state index contributed by atoms with van der Waals surface area (Å²) < 4.78 is 0. The van der Waals surface area contributed by atoms with Crippen LogP contribution in [-0.2, 0) is 0 Å². The maximum Gasteiger partial charge on any atom is 0.0543 e. The fraction of sp³-hybridized carbons (Fsp3) is 1.00. The number of aliphatic hydroxyl groups excluding tert-OH is 4. The van der Waals surface area contributed by atoms with Gasteiger partial charge in [0.2, 0.25) is 0 Å². The summed E-state index contributed by atoms with van der Waals surface area (Å²) in [7, 11) is 3.29. The van der Waals surface area contributed by atoms with E-state index in [4.69, 9.17) is 0 Å². The summed E-state index contributed by atoms with van der Waals surface area (Å²) in [6.45, 7) is 4.72. The Balaban J connectivity index is 1.58. The molecule has 0 aromatic heterocycles. The molecule has 34 heavy (non-hydrogen) atoms. The lowest BCUT2D eigenvalue weighted by Gasteiger charge is -2.51. The van der Waals surface area contributed by atoms with Gasteiger partial charge in [-0.1, -0.05) is 13.8 Å². The second-order valence-corrected chi connectivity index (χ2v) is 13.7. The summed E-state index contributed by atoms with van der Waals surface area (Å²) in [5.41, 5.74) is 0.864. The lowest BCUT2D eigenvalue weighted by molar-refractivity contribution is 0.0141. The molecule has 10 atom stereocenters. The molecule has 4 nitrogen and oxygen atoms in total. The lowest BCUT2D eigenvalue weighted by Crippen LogP contribution is -2.45. The van der Waals surface area contributed by atoms with E-state index < -0.39 is 0 Å². The second-order valence-electron chi connectivity index (χ2n) is 12.9. The van der Waals surface area contributed by atoms with Gasteiger partial charge in [-0.2, -0.15) is 0 Å². The molecule has 5 heteroatoms. The minimum atomic E-state index is -0.158. The topological polar surface area (TPSA) is 80.9 Å². The maximum atomic E-state index is 10.5. The van der Waals surface area contributed by atoms with Crippen molar-refractivity contribution >= 4 is 9.24 Å². The van der Waals surface area contributed by atoms with Crippen molar-refractivity contribution < 1.29 is 20.4 Å². The van der Waals surface area contributed by atoms with E-state index in [0.29, 0.717) is 29.3 Å². The van der Waals surface area contributed by atoms with E-state index in [1.807, 2.05) is 0 Å². The van der Waals surface area contributed by atoms with E-state index in [1.165, 1.54) is 6.42 Å². The minimum absolute atomic E-state index is 0.149. The van der Waals surface area contributed by atoms with Crippen LogP contribution in [0.5, 0.6) is 0 Å². The lowest BCUT2D eigenvalue weighted by atomic mass is 9.57. The van der Waals surface area contributed by atoms with Crippen LogP contribution in [0.1, 0.15) is 117 Å². The summed E-state index contributed by atoms with van der Waals surface area (Å²) >= 11 is 0. The first kappa shape index (κ1) is 27.3. The second kappa shape index (κ2) is 11.3. The van der Waals surface area contributed by atoms with Crippen molar-refractivity contribution in [2.75, 3.05) is 0 Å². The highest BCUT2D eigenvalue weighted by molar-refractivity contribution is 7.17. The first-order valence-corrected chi connectivity index (χ1v) is 15.4. The molecule has 0 aromatic carbocycles. The van der Waals surface area contributed by atoms with Crippen molar-refractivity contribution in [1.29, 1.82) is 0 Å². The highest BCUT2D eigenvalue weighted by Gasteiger charge is 2.53. The van der Waals surface area contributed by atoms with Gasteiger partial charge < -0.3 is 20.4 Å². The van der Waals surface area contributed by atoms with Crippen molar-refractivity contribution in [3.63, 3.8) is 0 Å². The summed E-state index contributed by atoms with van der Waals surface area (Å²) in [6.07, 6.45) is 15.9. The molecule has 4 fully saturated rings. The summed E-state index contributed by atoms with van der Waals surface area (Å²) in [5.74, 6) is 2.22. The molecule has 0 radical (unpaired) electrons. The van der Waals surface area contributed by atoms with Crippen molar-refractivity contribution in [2.45, 2.75) is 147 Å². The zero-order valence-electron chi connectivity index (χ0n) is 21.9. The Morgan fingerprint density at radius 3 is 1.29 bits per heavy atom. The third-order valence-corrected chi connectivity index (χ3v) is 12.6. The van der Waals surface area contributed by atoms with E-state index in [1.54, 1.807) is 0 Å². The Kier molecular flexibility index (Phi) is 9.11. The van der Waals surface area contributed by atoms with Crippen LogP contribution in [0.2, 0.25) is 0 Å². The molecule has 4 rings (SSSR count). The van der Waals surface area contributed by atoms with Gasteiger partial charge in [0.05, 0.1) is 24.4 Å². The molecule has 4 saturated carbocycles. The predicted octanol–water partition coefficient (Wildman–Crippen LogP) is 5.45. The molecule has 0 spiro atoms. The largest absolute Gasteiger partial charge is 0.393 e. The van der Waals surface area contributed by atoms with Crippen LogP contribution in [0.4, 0.5) is 0 Å². The minimum Gasteiger partial charge on any atom is -0.393 e. The quantitative estimate of drug-likeness (QED) is 0.303. The van der Waals surface area contributed by atoms with E-state index >= 15 is 0 Å². The average Bonchev–Trinajstić information content (AvgIpc) is 3.61. The Morgan fingerprint density at radius 1 is 0.618 bits per heavy atom. The summed E-state index contributed by atoms with van der Waals surface area (Å²) in [5, 5.41) is 41.8. The third kappa shape index (κ3) is 5.15. The van der Waals surface area contributed by atoms with E-state index in [0.717, 1.165) is 96.3 Å². The molecule has 0 aliphatic heterocycles. The zero-order chi connectivity index (χ0) is 24.5. The van der Waals surface area contributed by atoms with Crippen molar-refractivity contribution in [2.24, 2.45) is 34.5 Å². The van der Waals surface area contributed by atoms with Gasteiger partial charge >= 0.3 is 0 Å². The Bertz CT molecular complexity index is 616. The molecule has 0 saturated heterocycles. The van der Waals surface area contributed by atoms with Crippen LogP contribution in [0, 0.1) is 34.5 Å². The molecule has 4 aliphatic carbocycles. The van der Waals surface area contributed by atoms with Crippen molar-refractivity contribution in [3.05, 3.63) is 0 Å². The Labute approximate surface area is 210 Å². The number of aliphatic hydroxyl groups is 4. The summed E-state index contributed by atoms with van der Waals surface area (Å²) in [4.78, 5) is 0. The third-order valence-electron chi connectivity index (χ3n) is 11.6. The molecule has 0 amide bonds. The van der Waals surface area contributed by atoms with Gasteiger partial charge in [0.25, 0.3) is 0 Å². The molecule has 0 aromatic rings. The molecular weight excluding hydrogens is 443 g/mol.